The fraction of sp³-hybridized carbons (Fsp3) is 0.143. The summed E-state index contributed by atoms with van der Waals surface area (Å²) in [6.45, 7) is 1.16. The van der Waals surface area contributed by atoms with Crippen molar-refractivity contribution in [3.8, 4) is 11.5 Å². The molecule has 0 radical (unpaired) electrons. The summed E-state index contributed by atoms with van der Waals surface area (Å²) >= 11 is 0.836. The van der Waals surface area contributed by atoms with E-state index >= 15 is 0 Å². The maximum atomic E-state index is 13.6. The van der Waals surface area contributed by atoms with Crippen LogP contribution in [0.1, 0.15) is 6.92 Å². The Kier molecular flexibility index (Phi) is 5.19. The van der Waals surface area contributed by atoms with Crippen molar-refractivity contribution in [2.24, 2.45) is 0 Å². The molecule has 0 aliphatic rings. The van der Waals surface area contributed by atoms with E-state index in [9.17, 15) is 18.0 Å². The Balaban J connectivity index is 2.01. The third-order valence-corrected chi connectivity index (χ3v) is 7.27. The number of carbonyl (C=O) groups excluding carboxylic acids is 1. The summed E-state index contributed by atoms with van der Waals surface area (Å²) in [6, 6.07) is 12.4. The van der Waals surface area contributed by atoms with E-state index in [1.165, 1.54) is 38.5 Å². The molecule has 0 saturated carbocycles. The van der Waals surface area contributed by atoms with Crippen LogP contribution in [-0.4, -0.2) is 28.5 Å². The van der Waals surface area contributed by atoms with Gasteiger partial charge in [0, 0.05) is 23.8 Å². The van der Waals surface area contributed by atoms with Gasteiger partial charge in [0.15, 0.2) is 17.1 Å². The van der Waals surface area contributed by atoms with Crippen LogP contribution in [0.15, 0.2) is 62.6 Å². The van der Waals surface area contributed by atoms with Gasteiger partial charge in [-0.15, -0.1) is 0 Å². The number of fused-ring (bicyclic) bond motifs is 3. The Hall–Kier alpha value is -3.37. The van der Waals surface area contributed by atoms with Gasteiger partial charge < -0.3 is 13.9 Å². The molecule has 0 spiro atoms. The van der Waals surface area contributed by atoms with Crippen LogP contribution >= 0.6 is 11.3 Å². The number of hydrogen-bond donors (Lipinski definition) is 0. The van der Waals surface area contributed by atoms with Gasteiger partial charge in [-0.3, -0.25) is 4.79 Å². The smallest absolute Gasteiger partial charge is 0.396 e. The topological polar surface area (TPSA) is 103 Å². The number of methoxy groups -OCH3 is 2. The van der Waals surface area contributed by atoms with Crippen molar-refractivity contribution in [1.29, 1.82) is 0 Å². The first-order valence-corrected chi connectivity index (χ1v) is 11.3. The van der Waals surface area contributed by atoms with E-state index in [0.717, 1.165) is 22.6 Å². The van der Waals surface area contributed by atoms with Crippen molar-refractivity contribution in [3.63, 3.8) is 0 Å². The van der Waals surface area contributed by atoms with E-state index in [1.807, 2.05) is 0 Å². The second-order valence-corrected chi connectivity index (χ2v) is 9.29. The lowest BCUT2D eigenvalue weighted by atomic mass is 10.1. The predicted molar refractivity (Wildman–Crippen MR) is 118 cm³/mol. The number of benzene rings is 3. The zero-order valence-electron chi connectivity index (χ0n) is 16.7. The number of sulfonamides is 1. The minimum atomic E-state index is -4.32. The molecule has 0 atom stereocenters. The van der Waals surface area contributed by atoms with Crippen molar-refractivity contribution in [1.82, 2.24) is 0 Å². The minimum absolute atomic E-state index is 0.127. The van der Waals surface area contributed by atoms with E-state index in [2.05, 4.69) is 0 Å². The first kappa shape index (κ1) is 20.9. The molecule has 0 N–H and O–H groups in total. The lowest BCUT2D eigenvalue weighted by Gasteiger charge is -2.23. The molecule has 0 bridgehead atoms. The molecule has 4 aromatic rings. The van der Waals surface area contributed by atoms with Crippen molar-refractivity contribution < 1.29 is 27.1 Å². The molecule has 0 fully saturated rings. The molecule has 0 saturated heterocycles. The Bertz CT molecular complexity index is 1480. The van der Waals surface area contributed by atoms with Gasteiger partial charge >= 0.3 is 4.94 Å². The highest BCUT2D eigenvalue weighted by Gasteiger charge is 2.32. The maximum Gasteiger partial charge on any atom is 0.396 e. The third kappa shape index (κ3) is 3.43. The second-order valence-electron chi connectivity index (χ2n) is 6.53. The number of amides is 1. The van der Waals surface area contributed by atoms with E-state index in [0.29, 0.717) is 26.8 Å². The molecule has 1 heterocycles. The van der Waals surface area contributed by atoms with Crippen LogP contribution in [0, 0.1) is 0 Å². The molecule has 3 aromatic carbocycles. The highest BCUT2D eigenvalue weighted by atomic mass is 32.2. The Labute approximate surface area is 181 Å². The summed E-state index contributed by atoms with van der Waals surface area (Å²) in [4.78, 5) is 23.8. The lowest BCUT2D eigenvalue weighted by Crippen LogP contribution is -2.35. The zero-order valence-corrected chi connectivity index (χ0v) is 18.4. The minimum Gasteiger partial charge on any atom is -0.493 e. The fourth-order valence-electron chi connectivity index (χ4n) is 3.40. The fourth-order valence-corrected chi connectivity index (χ4v) is 5.57. The van der Waals surface area contributed by atoms with Gasteiger partial charge in [-0.05, 0) is 18.2 Å². The lowest BCUT2D eigenvalue weighted by molar-refractivity contribution is -0.115. The van der Waals surface area contributed by atoms with Crippen LogP contribution in [0.3, 0.4) is 0 Å². The molecule has 0 unspecified atom stereocenters. The highest BCUT2D eigenvalue weighted by molar-refractivity contribution is 7.93. The largest absolute Gasteiger partial charge is 0.493 e. The van der Waals surface area contributed by atoms with E-state index in [1.54, 1.807) is 24.3 Å². The molecule has 1 aromatic heterocycles. The van der Waals surface area contributed by atoms with Crippen LogP contribution in [0.5, 0.6) is 11.5 Å². The van der Waals surface area contributed by atoms with Crippen LogP contribution in [0.2, 0.25) is 0 Å². The van der Waals surface area contributed by atoms with Crippen LogP contribution in [-0.2, 0) is 14.8 Å². The monoisotopic (exact) mass is 459 g/mol. The number of anilines is 1. The first-order valence-electron chi connectivity index (χ1n) is 9.01. The van der Waals surface area contributed by atoms with Crippen molar-refractivity contribution in [2.45, 2.75) is 11.8 Å². The van der Waals surface area contributed by atoms with Crippen molar-refractivity contribution >= 4 is 54.0 Å². The molecule has 1 amide bonds. The summed E-state index contributed by atoms with van der Waals surface area (Å²) in [5.74, 6) is -0.151. The summed E-state index contributed by atoms with van der Waals surface area (Å²) in [6.07, 6.45) is 0. The molecule has 31 heavy (non-hydrogen) atoms. The van der Waals surface area contributed by atoms with E-state index in [4.69, 9.17) is 13.9 Å². The molecule has 0 aliphatic heterocycles. The average Bonchev–Trinajstić information content (AvgIpc) is 3.13. The van der Waals surface area contributed by atoms with Gasteiger partial charge in [-0.2, -0.15) is 0 Å². The SMILES string of the molecule is COc1ccc(S(=O)(=O)N(C(C)=O)c2cc3sc(=O)oc3c3ccccc23)cc1OC. The molecular formula is C21H17NO7S2. The molecular weight excluding hydrogens is 442 g/mol. The molecule has 160 valence electrons. The number of ether oxygens (including phenoxy) is 2. The second kappa shape index (κ2) is 7.71. The molecule has 8 nitrogen and oxygen atoms in total. The van der Waals surface area contributed by atoms with E-state index < -0.39 is 20.9 Å². The average molecular weight is 460 g/mol. The van der Waals surface area contributed by atoms with Gasteiger partial charge in [0.25, 0.3) is 10.0 Å². The standard InChI is InChI=1S/C21H17NO7S2/c1-12(23)22(31(25,26)13-8-9-17(27-2)18(10-13)28-3)16-11-19-20(29-21(24)30-19)15-7-5-4-6-14(15)16/h4-11H,1-3H3. The first-order chi connectivity index (χ1) is 14.8. The quantitative estimate of drug-likeness (QED) is 0.448. The third-order valence-electron chi connectivity index (χ3n) is 4.72. The van der Waals surface area contributed by atoms with Crippen molar-refractivity contribution in [3.05, 3.63) is 58.3 Å². The summed E-state index contributed by atoms with van der Waals surface area (Å²) in [5, 5.41) is 0.984. The van der Waals surface area contributed by atoms with Crippen LogP contribution < -0.4 is 18.7 Å². The Morgan fingerprint density at radius 3 is 2.32 bits per heavy atom. The summed E-state index contributed by atoms with van der Waals surface area (Å²) in [5.41, 5.74) is 0.476. The number of rotatable bonds is 5. The van der Waals surface area contributed by atoms with Gasteiger partial charge in [0.1, 0.15) is 0 Å². The number of nitrogens with zero attached hydrogens (tertiary/aromatic N) is 1. The number of hydrogen-bond acceptors (Lipinski definition) is 8. The van der Waals surface area contributed by atoms with Gasteiger partial charge in [-0.25, -0.2) is 17.5 Å². The highest BCUT2D eigenvalue weighted by Crippen LogP contribution is 2.38. The van der Waals surface area contributed by atoms with Gasteiger partial charge in [0.2, 0.25) is 5.91 Å². The van der Waals surface area contributed by atoms with Crippen molar-refractivity contribution in [2.75, 3.05) is 18.5 Å². The Morgan fingerprint density at radius 1 is 1.00 bits per heavy atom. The Morgan fingerprint density at radius 2 is 1.68 bits per heavy atom. The molecule has 4 rings (SSSR count). The van der Waals surface area contributed by atoms with Crippen LogP contribution in [0.4, 0.5) is 5.69 Å². The predicted octanol–water partition coefficient (Wildman–Crippen LogP) is 3.77. The maximum absolute atomic E-state index is 13.6. The zero-order chi connectivity index (χ0) is 22.3. The molecule has 0 aliphatic carbocycles. The van der Waals surface area contributed by atoms with Gasteiger partial charge in [-0.1, -0.05) is 35.6 Å². The number of carbonyl (C=O) groups is 1. The summed E-state index contributed by atoms with van der Waals surface area (Å²) in [7, 11) is -1.50. The molecule has 10 heteroatoms. The normalized spacial score (nSPS) is 11.6. The summed E-state index contributed by atoms with van der Waals surface area (Å²) < 4.78 is 43.9. The van der Waals surface area contributed by atoms with E-state index in [-0.39, 0.29) is 16.3 Å². The van der Waals surface area contributed by atoms with Gasteiger partial charge in [0.05, 0.1) is 29.5 Å². The van der Waals surface area contributed by atoms with Crippen LogP contribution in [0.25, 0.3) is 21.1 Å².